The van der Waals surface area contributed by atoms with Crippen LogP contribution in [0.5, 0.6) is 0 Å². The molecule has 0 amide bonds. The molecule has 0 aliphatic carbocycles. The summed E-state index contributed by atoms with van der Waals surface area (Å²) in [5.74, 6) is -0.362. The molecule has 1 aliphatic heterocycles. The Morgan fingerprint density at radius 2 is 1.50 bits per heavy atom. The van der Waals surface area contributed by atoms with Crippen LogP contribution in [0.1, 0.15) is 0 Å². The highest BCUT2D eigenvalue weighted by molar-refractivity contribution is 4.90. The van der Waals surface area contributed by atoms with Crippen LogP contribution in [0.4, 0.5) is 0 Å². The van der Waals surface area contributed by atoms with Crippen LogP contribution in [0.2, 0.25) is 0 Å². The molecule has 4 atom stereocenters. The van der Waals surface area contributed by atoms with Crippen molar-refractivity contribution in [2.75, 3.05) is 33.0 Å². The molecule has 5 heteroatoms. The molecule has 5 nitrogen and oxygen atoms in total. The molecule has 1 fully saturated rings. The van der Waals surface area contributed by atoms with Crippen molar-refractivity contribution in [1.29, 1.82) is 0 Å². The summed E-state index contributed by atoms with van der Waals surface area (Å²) in [6.45, 7) is 0.366. The van der Waals surface area contributed by atoms with Crippen molar-refractivity contribution in [2.45, 2.75) is 6.04 Å². The van der Waals surface area contributed by atoms with Gasteiger partial charge in [-0.15, -0.1) is 0 Å². The largest absolute Gasteiger partial charge is 0.396 e. The van der Waals surface area contributed by atoms with Gasteiger partial charge in [-0.05, 0) is 11.8 Å². The van der Waals surface area contributed by atoms with Gasteiger partial charge in [0.05, 0.1) is 6.61 Å². The summed E-state index contributed by atoms with van der Waals surface area (Å²) in [4.78, 5) is 0. The Balaban J connectivity index is 2.67. The molecule has 0 saturated carbocycles. The maximum Gasteiger partial charge on any atom is 0.0588 e. The van der Waals surface area contributed by atoms with Crippen LogP contribution in [-0.2, 0) is 0 Å². The fourth-order valence-electron chi connectivity index (χ4n) is 2.20. The predicted octanol–water partition coefficient (Wildman–Crippen LogP) is -2.22. The third kappa shape index (κ3) is 2.24. The highest BCUT2D eigenvalue weighted by Crippen LogP contribution is 2.27. The van der Waals surface area contributed by atoms with E-state index < -0.39 is 0 Å². The van der Waals surface area contributed by atoms with Crippen LogP contribution in [0.15, 0.2) is 0 Å². The van der Waals surface area contributed by atoms with Gasteiger partial charge in [-0.3, -0.25) is 0 Å². The first kappa shape index (κ1) is 11.9. The zero-order valence-electron chi connectivity index (χ0n) is 8.13. The molecule has 0 bridgehead atoms. The van der Waals surface area contributed by atoms with Crippen molar-refractivity contribution in [3.05, 3.63) is 0 Å². The maximum absolute atomic E-state index is 9.18. The van der Waals surface area contributed by atoms with E-state index in [0.29, 0.717) is 6.54 Å². The van der Waals surface area contributed by atoms with Crippen molar-refractivity contribution in [2.24, 2.45) is 17.8 Å². The maximum atomic E-state index is 9.18. The van der Waals surface area contributed by atoms with Gasteiger partial charge in [0.1, 0.15) is 0 Å². The molecule has 1 aliphatic rings. The highest BCUT2D eigenvalue weighted by atomic mass is 16.3. The van der Waals surface area contributed by atoms with Crippen molar-refractivity contribution in [3.8, 4) is 0 Å². The molecule has 84 valence electrons. The molecule has 0 radical (unpaired) electrons. The van der Waals surface area contributed by atoms with Crippen LogP contribution in [0, 0.1) is 17.8 Å². The van der Waals surface area contributed by atoms with Crippen molar-refractivity contribution >= 4 is 0 Å². The van der Waals surface area contributed by atoms with Gasteiger partial charge in [-0.1, -0.05) is 0 Å². The molecular formula is C9H19NO4. The van der Waals surface area contributed by atoms with Crippen LogP contribution in [0.25, 0.3) is 0 Å². The second-order valence-electron chi connectivity index (χ2n) is 3.83. The summed E-state index contributed by atoms with van der Waals surface area (Å²) in [6, 6.07) is -0.181. The van der Waals surface area contributed by atoms with E-state index in [0.717, 1.165) is 0 Å². The number of nitrogens with one attached hydrogen (secondary N) is 1. The van der Waals surface area contributed by atoms with Gasteiger partial charge in [-0.2, -0.15) is 0 Å². The van der Waals surface area contributed by atoms with Gasteiger partial charge >= 0.3 is 0 Å². The summed E-state index contributed by atoms with van der Waals surface area (Å²) >= 11 is 0. The number of piperidine rings is 1. The van der Waals surface area contributed by atoms with Gasteiger partial charge in [0.15, 0.2) is 0 Å². The topological polar surface area (TPSA) is 93.0 Å². The molecule has 1 heterocycles. The molecule has 0 aromatic heterocycles. The lowest BCUT2D eigenvalue weighted by atomic mass is 9.75. The third-order valence-corrected chi connectivity index (χ3v) is 3.17. The first-order valence-corrected chi connectivity index (χ1v) is 4.95. The molecule has 5 N–H and O–H groups in total. The first-order valence-electron chi connectivity index (χ1n) is 4.95. The molecular weight excluding hydrogens is 186 g/mol. The van der Waals surface area contributed by atoms with Crippen molar-refractivity contribution in [3.63, 3.8) is 0 Å². The Labute approximate surface area is 83.4 Å². The first-order chi connectivity index (χ1) is 6.78. The third-order valence-electron chi connectivity index (χ3n) is 3.17. The summed E-state index contributed by atoms with van der Waals surface area (Å²) in [5.41, 5.74) is 0. The monoisotopic (exact) mass is 205 g/mol. The average molecular weight is 205 g/mol. The fraction of sp³-hybridized carbons (Fsp3) is 1.00. The minimum atomic E-state index is -0.184. The van der Waals surface area contributed by atoms with Crippen LogP contribution in [-0.4, -0.2) is 59.4 Å². The smallest absolute Gasteiger partial charge is 0.0588 e. The Hall–Kier alpha value is -0.200. The normalized spacial score (nSPS) is 38.6. The molecule has 0 spiro atoms. The van der Waals surface area contributed by atoms with E-state index in [-0.39, 0.29) is 50.2 Å². The van der Waals surface area contributed by atoms with Crippen molar-refractivity contribution < 1.29 is 20.4 Å². The van der Waals surface area contributed by atoms with E-state index in [1.807, 2.05) is 0 Å². The molecule has 1 rings (SSSR count). The van der Waals surface area contributed by atoms with E-state index >= 15 is 0 Å². The zero-order valence-corrected chi connectivity index (χ0v) is 8.13. The molecule has 14 heavy (non-hydrogen) atoms. The van der Waals surface area contributed by atoms with E-state index in [9.17, 15) is 5.11 Å². The average Bonchev–Trinajstić information content (AvgIpc) is 2.26. The zero-order chi connectivity index (χ0) is 10.6. The Morgan fingerprint density at radius 1 is 0.857 bits per heavy atom. The molecule has 0 aromatic carbocycles. The van der Waals surface area contributed by atoms with Crippen LogP contribution >= 0.6 is 0 Å². The van der Waals surface area contributed by atoms with E-state index in [1.54, 1.807) is 0 Å². The quantitative estimate of drug-likeness (QED) is 0.358. The number of rotatable bonds is 4. The summed E-state index contributed by atoms with van der Waals surface area (Å²) < 4.78 is 0. The number of hydrogen-bond donors (Lipinski definition) is 5. The van der Waals surface area contributed by atoms with Gasteiger partial charge in [0, 0.05) is 38.3 Å². The van der Waals surface area contributed by atoms with Gasteiger partial charge in [0.2, 0.25) is 0 Å². The number of aliphatic hydroxyl groups is 4. The van der Waals surface area contributed by atoms with Gasteiger partial charge in [0.25, 0.3) is 0 Å². The lowest BCUT2D eigenvalue weighted by molar-refractivity contribution is -0.00690. The minimum Gasteiger partial charge on any atom is -0.396 e. The molecule has 1 saturated heterocycles. The van der Waals surface area contributed by atoms with Crippen molar-refractivity contribution in [1.82, 2.24) is 5.32 Å². The number of hydrogen-bond acceptors (Lipinski definition) is 5. The number of aliphatic hydroxyl groups excluding tert-OH is 4. The lowest BCUT2D eigenvalue weighted by Crippen LogP contribution is -2.55. The van der Waals surface area contributed by atoms with Crippen LogP contribution in [0.3, 0.4) is 0 Å². The molecule has 4 unspecified atom stereocenters. The summed E-state index contributed by atoms with van der Waals surface area (Å²) in [5, 5.41) is 39.5. The second-order valence-corrected chi connectivity index (χ2v) is 3.83. The Bertz CT molecular complexity index is 149. The standard InChI is InChI=1S/C9H19NO4/c11-2-6-1-10-9(5-14)8(4-13)7(6)3-12/h6-14H,1-5H2. The predicted molar refractivity (Wildman–Crippen MR) is 50.6 cm³/mol. The van der Waals surface area contributed by atoms with Crippen LogP contribution < -0.4 is 5.32 Å². The van der Waals surface area contributed by atoms with Gasteiger partial charge in [-0.25, -0.2) is 0 Å². The summed E-state index contributed by atoms with van der Waals surface area (Å²) in [6.07, 6.45) is 0. The Morgan fingerprint density at radius 3 is 1.93 bits per heavy atom. The fourth-order valence-corrected chi connectivity index (χ4v) is 2.20. The van der Waals surface area contributed by atoms with E-state index in [2.05, 4.69) is 5.32 Å². The van der Waals surface area contributed by atoms with E-state index in [4.69, 9.17) is 15.3 Å². The minimum absolute atomic E-state index is 0.00707. The lowest BCUT2D eigenvalue weighted by Gasteiger charge is -2.41. The van der Waals surface area contributed by atoms with Gasteiger partial charge < -0.3 is 25.7 Å². The second kappa shape index (κ2) is 5.63. The molecule has 0 aromatic rings. The SMILES string of the molecule is OCC1CNC(CO)C(CO)C1CO. The highest BCUT2D eigenvalue weighted by Gasteiger charge is 2.37. The van der Waals surface area contributed by atoms with E-state index in [1.165, 1.54) is 0 Å². The Kier molecular flexibility index (Phi) is 4.77. The summed E-state index contributed by atoms with van der Waals surface area (Å²) in [7, 11) is 0.